The zero-order valence-electron chi connectivity index (χ0n) is 9.48. The van der Waals surface area contributed by atoms with Crippen LogP contribution < -0.4 is 0 Å². The highest BCUT2D eigenvalue weighted by molar-refractivity contribution is 5.78. The van der Waals surface area contributed by atoms with E-state index in [4.69, 9.17) is 0 Å². The number of nitrogens with zero attached hydrogens (tertiary/aromatic N) is 2. The van der Waals surface area contributed by atoms with Crippen molar-refractivity contribution >= 4 is 10.9 Å². The van der Waals surface area contributed by atoms with Crippen molar-refractivity contribution in [2.24, 2.45) is 0 Å². The van der Waals surface area contributed by atoms with Crippen LogP contribution in [0.15, 0.2) is 24.4 Å². The molecule has 0 spiro atoms. The van der Waals surface area contributed by atoms with Gasteiger partial charge >= 0.3 is 0 Å². The van der Waals surface area contributed by atoms with E-state index in [1.807, 2.05) is 16.9 Å². The Bertz CT molecular complexity index is 526. The molecule has 0 aliphatic heterocycles. The fraction of sp³-hybridized carbons (Fsp3) is 0.462. The van der Waals surface area contributed by atoms with Gasteiger partial charge in [-0.3, -0.25) is 4.68 Å². The third-order valence-electron chi connectivity index (χ3n) is 3.45. The maximum absolute atomic E-state index is 10.1. The summed E-state index contributed by atoms with van der Waals surface area (Å²) in [6.45, 7) is 2.71. The van der Waals surface area contributed by atoms with Gasteiger partial charge in [0.05, 0.1) is 17.7 Å². The van der Waals surface area contributed by atoms with Gasteiger partial charge in [0.2, 0.25) is 0 Å². The molecule has 1 heterocycles. The van der Waals surface area contributed by atoms with Crippen molar-refractivity contribution in [1.82, 2.24) is 9.78 Å². The van der Waals surface area contributed by atoms with Crippen LogP contribution in [0.3, 0.4) is 0 Å². The molecule has 1 saturated carbocycles. The monoisotopic (exact) mass is 216 g/mol. The SMILES string of the molecule is Cc1ccc2nn(CC3(O)CCC3)cc2c1. The standard InChI is InChI=1S/C13H16N2O/c1-10-3-4-12-11(7-10)8-15(14-12)9-13(16)5-2-6-13/h3-4,7-8,16H,2,5-6,9H2,1H3. The molecule has 0 saturated heterocycles. The molecule has 2 aromatic rings. The highest BCUT2D eigenvalue weighted by Gasteiger charge is 2.34. The van der Waals surface area contributed by atoms with E-state index in [1.165, 1.54) is 5.56 Å². The normalized spacial score (nSPS) is 18.6. The first-order chi connectivity index (χ1) is 7.65. The van der Waals surface area contributed by atoms with E-state index < -0.39 is 5.60 Å². The first-order valence-corrected chi connectivity index (χ1v) is 5.81. The number of rotatable bonds is 2. The predicted molar refractivity (Wildman–Crippen MR) is 63.3 cm³/mol. The Morgan fingerprint density at radius 2 is 2.25 bits per heavy atom. The van der Waals surface area contributed by atoms with Gasteiger partial charge in [-0.2, -0.15) is 5.10 Å². The van der Waals surface area contributed by atoms with Crippen LogP contribution in [0.25, 0.3) is 10.9 Å². The number of aryl methyl sites for hydroxylation is 1. The molecule has 0 atom stereocenters. The van der Waals surface area contributed by atoms with Crippen LogP contribution in [0.5, 0.6) is 0 Å². The number of hydrogen-bond donors (Lipinski definition) is 1. The fourth-order valence-electron chi connectivity index (χ4n) is 2.32. The number of aromatic nitrogens is 2. The summed E-state index contributed by atoms with van der Waals surface area (Å²) in [7, 11) is 0. The molecule has 84 valence electrons. The summed E-state index contributed by atoms with van der Waals surface area (Å²) in [6.07, 6.45) is 4.97. The lowest BCUT2D eigenvalue weighted by Gasteiger charge is -2.36. The minimum absolute atomic E-state index is 0.503. The lowest BCUT2D eigenvalue weighted by molar-refractivity contribution is -0.0496. The van der Waals surface area contributed by atoms with Gasteiger partial charge in [0, 0.05) is 11.6 Å². The van der Waals surface area contributed by atoms with Crippen molar-refractivity contribution in [3.8, 4) is 0 Å². The second kappa shape index (κ2) is 3.32. The summed E-state index contributed by atoms with van der Waals surface area (Å²) in [5, 5.41) is 15.7. The summed E-state index contributed by atoms with van der Waals surface area (Å²) < 4.78 is 1.88. The van der Waals surface area contributed by atoms with Crippen LogP contribution in [-0.2, 0) is 6.54 Å². The van der Waals surface area contributed by atoms with E-state index in [0.717, 1.165) is 30.2 Å². The summed E-state index contributed by atoms with van der Waals surface area (Å²) in [5.41, 5.74) is 1.75. The number of fused-ring (bicyclic) bond motifs is 1. The molecule has 3 heteroatoms. The van der Waals surface area contributed by atoms with Gasteiger partial charge in [-0.05, 0) is 38.3 Å². The number of benzene rings is 1. The predicted octanol–water partition coefficient (Wildman–Crippen LogP) is 2.26. The van der Waals surface area contributed by atoms with Crippen molar-refractivity contribution in [3.05, 3.63) is 30.0 Å². The van der Waals surface area contributed by atoms with Gasteiger partial charge in [-0.25, -0.2) is 0 Å². The lowest BCUT2D eigenvalue weighted by Crippen LogP contribution is -2.41. The van der Waals surface area contributed by atoms with Gasteiger partial charge in [-0.15, -0.1) is 0 Å². The molecule has 0 bridgehead atoms. The largest absolute Gasteiger partial charge is 0.388 e. The Kier molecular flexibility index (Phi) is 2.04. The van der Waals surface area contributed by atoms with Crippen molar-refractivity contribution in [3.63, 3.8) is 0 Å². The maximum Gasteiger partial charge on any atom is 0.0923 e. The van der Waals surface area contributed by atoms with Crippen molar-refractivity contribution in [2.75, 3.05) is 0 Å². The summed E-state index contributed by atoms with van der Waals surface area (Å²) in [6, 6.07) is 6.23. The Morgan fingerprint density at radius 1 is 1.44 bits per heavy atom. The first kappa shape index (κ1) is 9.85. The van der Waals surface area contributed by atoms with Crippen LogP contribution >= 0.6 is 0 Å². The van der Waals surface area contributed by atoms with E-state index in [0.29, 0.717) is 6.54 Å². The quantitative estimate of drug-likeness (QED) is 0.836. The lowest BCUT2D eigenvalue weighted by atomic mass is 9.80. The average molecular weight is 216 g/mol. The van der Waals surface area contributed by atoms with E-state index >= 15 is 0 Å². The zero-order chi connectivity index (χ0) is 11.2. The molecule has 3 nitrogen and oxygen atoms in total. The van der Waals surface area contributed by atoms with E-state index in [9.17, 15) is 5.11 Å². The highest BCUT2D eigenvalue weighted by atomic mass is 16.3. The Balaban J connectivity index is 1.93. The van der Waals surface area contributed by atoms with E-state index in [1.54, 1.807) is 0 Å². The van der Waals surface area contributed by atoms with Crippen LogP contribution in [0.2, 0.25) is 0 Å². The summed E-state index contributed by atoms with van der Waals surface area (Å²) >= 11 is 0. The number of aliphatic hydroxyl groups is 1. The minimum Gasteiger partial charge on any atom is -0.388 e. The van der Waals surface area contributed by atoms with E-state index in [-0.39, 0.29) is 0 Å². The van der Waals surface area contributed by atoms with Crippen LogP contribution in [0.1, 0.15) is 24.8 Å². The first-order valence-electron chi connectivity index (χ1n) is 5.81. The minimum atomic E-state index is -0.503. The maximum atomic E-state index is 10.1. The Hall–Kier alpha value is -1.35. The fourth-order valence-corrected chi connectivity index (χ4v) is 2.32. The molecular weight excluding hydrogens is 200 g/mol. The molecular formula is C13H16N2O. The van der Waals surface area contributed by atoms with Gasteiger partial charge in [-0.1, -0.05) is 11.6 Å². The Morgan fingerprint density at radius 3 is 2.94 bits per heavy atom. The molecule has 16 heavy (non-hydrogen) atoms. The zero-order valence-corrected chi connectivity index (χ0v) is 9.48. The van der Waals surface area contributed by atoms with Crippen molar-refractivity contribution in [2.45, 2.75) is 38.3 Å². The third kappa shape index (κ3) is 1.61. The third-order valence-corrected chi connectivity index (χ3v) is 3.45. The molecule has 1 aromatic heterocycles. The average Bonchev–Trinajstić information content (AvgIpc) is 2.56. The molecule has 3 rings (SSSR count). The van der Waals surface area contributed by atoms with Crippen LogP contribution in [0.4, 0.5) is 0 Å². The molecule has 0 amide bonds. The van der Waals surface area contributed by atoms with Crippen molar-refractivity contribution in [1.29, 1.82) is 0 Å². The second-order valence-corrected chi connectivity index (χ2v) is 4.97. The topological polar surface area (TPSA) is 38.0 Å². The summed E-state index contributed by atoms with van der Waals surface area (Å²) in [5.74, 6) is 0. The number of hydrogen-bond acceptors (Lipinski definition) is 2. The molecule has 1 N–H and O–H groups in total. The molecule has 1 aliphatic carbocycles. The van der Waals surface area contributed by atoms with Crippen molar-refractivity contribution < 1.29 is 5.11 Å². The smallest absolute Gasteiger partial charge is 0.0923 e. The highest BCUT2D eigenvalue weighted by Crippen LogP contribution is 2.33. The second-order valence-electron chi connectivity index (χ2n) is 4.97. The van der Waals surface area contributed by atoms with Gasteiger partial charge < -0.3 is 5.11 Å². The summed E-state index contributed by atoms with van der Waals surface area (Å²) in [4.78, 5) is 0. The molecule has 0 unspecified atom stereocenters. The molecule has 0 radical (unpaired) electrons. The van der Waals surface area contributed by atoms with Crippen LogP contribution in [-0.4, -0.2) is 20.5 Å². The Labute approximate surface area is 94.7 Å². The van der Waals surface area contributed by atoms with E-state index in [2.05, 4.69) is 24.2 Å². The van der Waals surface area contributed by atoms with Gasteiger partial charge in [0.1, 0.15) is 0 Å². The van der Waals surface area contributed by atoms with Gasteiger partial charge in [0.25, 0.3) is 0 Å². The van der Waals surface area contributed by atoms with Gasteiger partial charge in [0.15, 0.2) is 0 Å². The molecule has 1 aromatic carbocycles. The molecule has 1 aliphatic rings. The van der Waals surface area contributed by atoms with Crippen LogP contribution in [0, 0.1) is 6.92 Å². The molecule has 1 fully saturated rings.